The van der Waals surface area contributed by atoms with Gasteiger partial charge in [-0.15, -0.1) is 0 Å². The molecule has 2 rings (SSSR count). The van der Waals surface area contributed by atoms with Crippen molar-refractivity contribution < 1.29 is 0 Å². The first kappa shape index (κ1) is 13.5. The first-order valence-electron chi connectivity index (χ1n) is 6.48. The van der Waals surface area contributed by atoms with E-state index in [1.54, 1.807) is 0 Å². The summed E-state index contributed by atoms with van der Waals surface area (Å²) in [5.74, 6) is 0. The van der Waals surface area contributed by atoms with Crippen molar-refractivity contribution in [3.63, 3.8) is 0 Å². The summed E-state index contributed by atoms with van der Waals surface area (Å²) in [5.41, 5.74) is 1.98. The molecule has 0 aliphatic heterocycles. The van der Waals surface area contributed by atoms with Gasteiger partial charge in [0.25, 0.3) is 0 Å². The number of hydrogen-bond acceptors (Lipinski definition) is 3. The summed E-state index contributed by atoms with van der Waals surface area (Å²) in [7, 11) is 0. The lowest BCUT2D eigenvalue weighted by molar-refractivity contribution is 0.334. The van der Waals surface area contributed by atoms with E-state index in [-0.39, 0.29) is 0 Å². The molecule has 0 saturated heterocycles. The van der Waals surface area contributed by atoms with Crippen molar-refractivity contribution in [1.29, 1.82) is 5.26 Å². The smallest absolute Gasteiger partial charge is 0.0991 e. The van der Waals surface area contributed by atoms with Crippen LogP contribution in [0.3, 0.4) is 0 Å². The molecule has 0 radical (unpaired) electrons. The molecular formula is C15H20N2S. The molecule has 1 atom stereocenters. The van der Waals surface area contributed by atoms with Gasteiger partial charge in [0.1, 0.15) is 0 Å². The Kier molecular flexibility index (Phi) is 4.31. The van der Waals surface area contributed by atoms with Crippen LogP contribution < -0.4 is 5.32 Å². The van der Waals surface area contributed by atoms with E-state index in [0.717, 1.165) is 12.1 Å². The lowest BCUT2D eigenvalue weighted by Crippen LogP contribution is -2.43. The first-order valence-corrected chi connectivity index (χ1v) is 7.70. The van der Waals surface area contributed by atoms with E-state index >= 15 is 0 Å². The van der Waals surface area contributed by atoms with Gasteiger partial charge in [0.2, 0.25) is 0 Å². The molecule has 1 aromatic rings. The van der Waals surface area contributed by atoms with E-state index in [1.807, 2.05) is 36.0 Å². The minimum absolute atomic E-state index is 0.349. The molecule has 1 unspecified atom stereocenters. The molecule has 96 valence electrons. The normalized spacial score (nSPS) is 18.7. The summed E-state index contributed by atoms with van der Waals surface area (Å²) in [6.45, 7) is 3.27. The van der Waals surface area contributed by atoms with Gasteiger partial charge in [-0.2, -0.15) is 17.0 Å². The summed E-state index contributed by atoms with van der Waals surface area (Å²) < 4.78 is 0.473. The lowest BCUT2D eigenvalue weighted by atomic mass is 9.84. The number of rotatable bonds is 5. The molecule has 1 aromatic carbocycles. The Balaban J connectivity index is 1.91. The maximum atomic E-state index is 8.78. The van der Waals surface area contributed by atoms with Gasteiger partial charge in [-0.05, 0) is 43.7 Å². The summed E-state index contributed by atoms with van der Waals surface area (Å²) in [4.78, 5) is 0. The topological polar surface area (TPSA) is 35.8 Å². The van der Waals surface area contributed by atoms with Crippen molar-refractivity contribution in [2.45, 2.75) is 37.0 Å². The zero-order valence-corrected chi connectivity index (χ0v) is 11.9. The van der Waals surface area contributed by atoms with Gasteiger partial charge < -0.3 is 5.32 Å². The largest absolute Gasteiger partial charge is 0.309 e. The molecule has 0 amide bonds. The van der Waals surface area contributed by atoms with Gasteiger partial charge in [0.15, 0.2) is 0 Å². The number of hydrogen-bond donors (Lipinski definition) is 1. The third-order valence-electron chi connectivity index (χ3n) is 3.97. The van der Waals surface area contributed by atoms with Crippen LogP contribution in [0.15, 0.2) is 24.3 Å². The van der Waals surface area contributed by atoms with Crippen LogP contribution in [0, 0.1) is 11.3 Å². The van der Waals surface area contributed by atoms with Gasteiger partial charge in [0, 0.05) is 17.3 Å². The van der Waals surface area contributed by atoms with Crippen molar-refractivity contribution in [3.05, 3.63) is 35.4 Å². The Morgan fingerprint density at radius 2 is 2.06 bits per heavy atom. The van der Waals surface area contributed by atoms with Crippen LogP contribution in [0.1, 0.15) is 43.4 Å². The fourth-order valence-electron chi connectivity index (χ4n) is 2.33. The van der Waals surface area contributed by atoms with E-state index in [0.29, 0.717) is 10.8 Å². The van der Waals surface area contributed by atoms with Crippen molar-refractivity contribution in [2.24, 2.45) is 0 Å². The molecule has 0 aromatic heterocycles. The maximum Gasteiger partial charge on any atom is 0.0991 e. The first-order chi connectivity index (χ1) is 8.69. The predicted molar refractivity (Wildman–Crippen MR) is 77.7 cm³/mol. The number of nitrogens with one attached hydrogen (secondary N) is 1. The number of benzene rings is 1. The highest BCUT2D eigenvalue weighted by Crippen LogP contribution is 2.42. The van der Waals surface area contributed by atoms with Crippen LogP contribution in [0.2, 0.25) is 0 Å². The van der Waals surface area contributed by atoms with E-state index in [4.69, 9.17) is 5.26 Å². The Bertz CT molecular complexity index is 423. The van der Waals surface area contributed by atoms with Crippen LogP contribution in [0.5, 0.6) is 0 Å². The second-order valence-corrected chi connectivity index (χ2v) is 6.35. The minimum Gasteiger partial charge on any atom is -0.309 e. The standard InChI is InChI=1S/C15H20N2S/c1-12(14-6-4-13(10-16)5-7-14)17-11-15(18-2)8-3-9-15/h4-7,12,17H,3,8-9,11H2,1-2H3. The van der Waals surface area contributed by atoms with Gasteiger partial charge >= 0.3 is 0 Å². The number of nitrogens with zero attached hydrogens (tertiary/aromatic N) is 1. The monoisotopic (exact) mass is 260 g/mol. The second kappa shape index (κ2) is 5.77. The third-order valence-corrected chi connectivity index (χ3v) is 5.39. The van der Waals surface area contributed by atoms with Crippen LogP contribution in [-0.2, 0) is 0 Å². The average molecular weight is 260 g/mol. The lowest BCUT2D eigenvalue weighted by Gasteiger charge is -2.41. The van der Waals surface area contributed by atoms with Crippen molar-refractivity contribution >= 4 is 11.8 Å². The zero-order chi connectivity index (χ0) is 13.0. The molecule has 3 heteroatoms. The maximum absolute atomic E-state index is 8.78. The molecule has 0 heterocycles. The highest BCUT2D eigenvalue weighted by Gasteiger charge is 2.35. The zero-order valence-electron chi connectivity index (χ0n) is 11.1. The fourth-order valence-corrected chi connectivity index (χ4v) is 3.25. The SMILES string of the molecule is CSC1(CNC(C)c2ccc(C#N)cc2)CCC1. The number of nitriles is 1. The highest BCUT2D eigenvalue weighted by molar-refractivity contribution is 8.00. The number of thioether (sulfide) groups is 1. The molecule has 1 aliphatic rings. The quantitative estimate of drug-likeness (QED) is 0.880. The molecule has 0 spiro atoms. The van der Waals surface area contributed by atoms with Crippen LogP contribution in [0.25, 0.3) is 0 Å². The Hall–Kier alpha value is -0.980. The van der Waals surface area contributed by atoms with Crippen LogP contribution in [0.4, 0.5) is 0 Å². The molecular weight excluding hydrogens is 240 g/mol. The minimum atomic E-state index is 0.349. The predicted octanol–water partition coefficient (Wildman–Crippen LogP) is 3.49. The molecule has 1 N–H and O–H groups in total. The van der Waals surface area contributed by atoms with Crippen LogP contribution in [-0.4, -0.2) is 17.5 Å². The Morgan fingerprint density at radius 1 is 1.39 bits per heavy atom. The van der Waals surface area contributed by atoms with E-state index in [1.165, 1.54) is 24.8 Å². The Labute approximate surface area is 114 Å². The Morgan fingerprint density at radius 3 is 2.50 bits per heavy atom. The van der Waals surface area contributed by atoms with Gasteiger partial charge in [-0.25, -0.2) is 0 Å². The van der Waals surface area contributed by atoms with Gasteiger partial charge in [0.05, 0.1) is 11.6 Å². The molecule has 1 fully saturated rings. The molecule has 1 saturated carbocycles. The summed E-state index contributed by atoms with van der Waals surface area (Å²) in [6, 6.07) is 10.4. The summed E-state index contributed by atoms with van der Waals surface area (Å²) in [5, 5.41) is 12.4. The van der Waals surface area contributed by atoms with Crippen molar-refractivity contribution in [1.82, 2.24) is 5.32 Å². The van der Waals surface area contributed by atoms with E-state index in [2.05, 4.69) is 24.6 Å². The van der Waals surface area contributed by atoms with E-state index in [9.17, 15) is 0 Å². The van der Waals surface area contributed by atoms with E-state index < -0.39 is 0 Å². The second-order valence-electron chi connectivity index (χ2n) is 5.08. The molecule has 1 aliphatic carbocycles. The van der Waals surface area contributed by atoms with Crippen LogP contribution >= 0.6 is 11.8 Å². The molecule has 18 heavy (non-hydrogen) atoms. The highest BCUT2D eigenvalue weighted by atomic mass is 32.2. The molecule has 2 nitrogen and oxygen atoms in total. The van der Waals surface area contributed by atoms with Crippen molar-refractivity contribution in [3.8, 4) is 6.07 Å². The average Bonchev–Trinajstić information content (AvgIpc) is 2.38. The van der Waals surface area contributed by atoms with Crippen molar-refractivity contribution in [2.75, 3.05) is 12.8 Å². The summed E-state index contributed by atoms with van der Waals surface area (Å²) in [6.07, 6.45) is 6.25. The summed E-state index contributed by atoms with van der Waals surface area (Å²) >= 11 is 2.00. The third kappa shape index (κ3) is 2.88. The molecule has 0 bridgehead atoms. The van der Waals surface area contributed by atoms with Gasteiger partial charge in [-0.1, -0.05) is 18.6 Å². The fraction of sp³-hybridized carbons (Fsp3) is 0.533. The van der Waals surface area contributed by atoms with Gasteiger partial charge in [-0.3, -0.25) is 0 Å².